The minimum Gasteiger partial charge on any atom is -0.465 e. The van der Waals surface area contributed by atoms with Crippen molar-refractivity contribution in [1.82, 2.24) is 0 Å². The molecule has 2 heterocycles. The second kappa shape index (κ2) is 10.7. The van der Waals surface area contributed by atoms with Crippen molar-refractivity contribution in [2.45, 2.75) is 101 Å². The van der Waals surface area contributed by atoms with Crippen LogP contribution < -0.4 is 0 Å². The summed E-state index contributed by atoms with van der Waals surface area (Å²) in [4.78, 5) is 12.2. The van der Waals surface area contributed by atoms with E-state index in [2.05, 4.69) is 13.8 Å². The summed E-state index contributed by atoms with van der Waals surface area (Å²) in [5.41, 5.74) is 1.12. The van der Waals surface area contributed by atoms with Crippen molar-refractivity contribution < 1.29 is 9.53 Å². The van der Waals surface area contributed by atoms with Crippen molar-refractivity contribution >= 4 is 23.6 Å². The van der Waals surface area contributed by atoms with E-state index in [0.717, 1.165) is 24.8 Å². The fraction of sp³-hybridized carbons (Fsp3) is 0.947. The number of rotatable bonds is 8. The first-order valence-electron chi connectivity index (χ1n) is 10.4. The molecule has 2 fully saturated rings. The zero-order valence-corrected chi connectivity index (χ0v) is 17.8. The Morgan fingerprint density at radius 1 is 0.957 bits per heavy atom. The van der Waals surface area contributed by atoms with Crippen molar-refractivity contribution in [1.29, 1.82) is 0 Å². The van der Waals surface area contributed by atoms with E-state index in [1.165, 1.54) is 31.4 Å². The Morgan fingerprint density at radius 2 is 1.65 bits per heavy atom. The van der Waals surface area contributed by atoms with Crippen molar-refractivity contribution in [2.75, 3.05) is 6.61 Å². The third-order valence-electron chi connectivity index (χ3n) is 6.35. The topological polar surface area (TPSA) is 26.3 Å². The van der Waals surface area contributed by atoms with Gasteiger partial charge in [-0.2, -0.15) is 0 Å². The van der Waals surface area contributed by atoms with Gasteiger partial charge in [0, 0.05) is 17.6 Å². The van der Waals surface area contributed by atoms with Gasteiger partial charge in [0.1, 0.15) is 0 Å². The summed E-state index contributed by atoms with van der Waals surface area (Å²) >= 11 is 0. The van der Waals surface area contributed by atoms with E-state index >= 15 is 0 Å². The Kier molecular flexibility index (Phi) is 8.95. The maximum atomic E-state index is 12.2. The summed E-state index contributed by atoms with van der Waals surface area (Å²) in [5, 5.41) is 0. The maximum Gasteiger partial charge on any atom is 0.308 e. The van der Waals surface area contributed by atoms with Crippen molar-refractivity contribution in [2.24, 2.45) is 5.92 Å². The Bertz CT molecular complexity index is 332. The lowest BCUT2D eigenvalue weighted by Crippen LogP contribution is -2.33. The van der Waals surface area contributed by atoms with E-state index in [9.17, 15) is 4.79 Å². The molecular weight excluding hydrogens is 316 g/mol. The molecule has 0 spiro atoms. The molecule has 2 saturated heterocycles. The number of carbonyl (C=O) groups is 1. The van der Waals surface area contributed by atoms with Crippen LogP contribution in [0.15, 0.2) is 0 Å². The molecule has 2 aliphatic heterocycles. The van der Waals surface area contributed by atoms with Gasteiger partial charge in [0.25, 0.3) is 0 Å². The molecule has 0 aromatic heterocycles. The molecule has 2 aliphatic rings. The van der Waals surface area contributed by atoms with Crippen LogP contribution in [0.4, 0.5) is 0 Å². The van der Waals surface area contributed by atoms with Gasteiger partial charge in [0.05, 0.1) is 12.5 Å². The molecule has 23 heavy (non-hydrogen) atoms. The lowest BCUT2D eigenvalue weighted by atomic mass is 10.0. The third kappa shape index (κ3) is 6.37. The maximum absolute atomic E-state index is 12.2. The fourth-order valence-electron chi connectivity index (χ4n) is 4.83. The lowest BCUT2D eigenvalue weighted by Gasteiger charge is -2.36. The first-order chi connectivity index (χ1) is 11.2. The molecule has 0 amide bonds. The second-order valence-corrected chi connectivity index (χ2v) is 15.1. The Labute approximate surface area is 147 Å². The summed E-state index contributed by atoms with van der Waals surface area (Å²) < 4.78 is 5.49. The number of esters is 1. The molecule has 0 aromatic rings. The number of unbranched alkanes of at least 4 members (excludes halogenated alkanes) is 2. The fourth-order valence-corrected chi connectivity index (χ4v) is 13.3. The van der Waals surface area contributed by atoms with Gasteiger partial charge in [-0.25, -0.2) is 0 Å². The van der Waals surface area contributed by atoms with Crippen LogP contribution in [0.1, 0.15) is 65.2 Å². The molecule has 2 nitrogen and oxygen atoms in total. The average Bonchev–Trinajstić information content (AvgIpc) is 2.60. The van der Waals surface area contributed by atoms with Gasteiger partial charge in [0.15, 0.2) is 0 Å². The highest BCUT2D eigenvalue weighted by atomic mass is 28.3. The van der Waals surface area contributed by atoms with Crippen LogP contribution in [0.5, 0.6) is 0 Å². The largest absolute Gasteiger partial charge is 0.465 e. The van der Waals surface area contributed by atoms with Gasteiger partial charge >= 0.3 is 5.97 Å². The van der Waals surface area contributed by atoms with E-state index in [1.54, 1.807) is 31.0 Å². The molecule has 0 bridgehead atoms. The molecule has 134 valence electrons. The van der Waals surface area contributed by atoms with Crippen LogP contribution >= 0.6 is 0 Å². The van der Waals surface area contributed by atoms with E-state index in [-0.39, 0.29) is 20.7 Å². The summed E-state index contributed by atoms with van der Waals surface area (Å²) in [6.45, 7) is 5.19. The van der Waals surface area contributed by atoms with Gasteiger partial charge in [-0.1, -0.05) is 76.2 Å². The Balaban J connectivity index is 1.63. The van der Waals surface area contributed by atoms with Crippen molar-refractivity contribution in [3.8, 4) is 0 Å². The van der Waals surface area contributed by atoms with Crippen molar-refractivity contribution in [3.63, 3.8) is 0 Å². The highest BCUT2D eigenvalue weighted by molar-refractivity contribution is 6.63. The van der Waals surface area contributed by atoms with Crippen LogP contribution in [0, 0.1) is 5.92 Å². The number of hydrogen-bond donors (Lipinski definition) is 0. The molecule has 0 saturated carbocycles. The van der Waals surface area contributed by atoms with Crippen LogP contribution in [-0.2, 0) is 9.53 Å². The number of hydrogen-bond acceptors (Lipinski definition) is 2. The number of carbonyl (C=O) groups excluding carboxylic acids is 1. The highest BCUT2D eigenvalue weighted by Gasteiger charge is 2.34. The van der Waals surface area contributed by atoms with Crippen LogP contribution in [0.2, 0.25) is 35.8 Å². The molecule has 2 rings (SSSR count). The SMILES string of the molecule is CCCCCOC(=O)C1CC[SiH](C2CC[SiH](CCC)CC2)CC1. The number of ether oxygens (including phenoxy) is 1. The first kappa shape index (κ1) is 19.2. The zero-order valence-electron chi connectivity index (χ0n) is 15.5. The summed E-state index contributed by atoms with van der Waals surface area (Å²) in [7, 11) is -0.877. The smallest absolute Gasteiger partial charge is 0.308 e. The molecule has 0 aliphatic carbocycles. The molecular formula is C19H38O2Si2. The second-order valence-electron chi connectivity index (χ2n) is 8.06. The van der Waals surface area contributed by atoms with E-state index in [0.29, 0.717) is 6.61 Å². The Morgan fingerprint density at radius 3 is 2.26 bits per heavy atom. The monoisotopic (exact) mass is 354 g/mol. The molecule has 0 radical (unpaired) electrons. The van der Waals surface area contributed by atoms with Gasteiger partial charge in [-0.15, -0.1) is 0 Å². The minimum absolute atomic E-state index is 0.118. The quantitative estimate of drug-likeness (QED) is 0.342. The predicted octanol–water partition coefficient (Wildman–Crippen LogP) is 5.16. The van der Waals surface area contributed by atoms with Crippen LogP contribution in [0.25, 0.3) is 0 Å². The standard InChI is InChI=1S/C19H38O2Si2/c1-3-5-6-11-21-19(20)17-7-15-23(16-8-17)18-9-13-22(12-4-2)14-10-18/h17-18,22-23H,3-16H2,1-2H3. The van der Waals surface area contributed by atoms with Gasteiger partial charge in [-0.05, 0) is 24.8 Å². The molecule has 0 unspecified atom stereocenters. The van der Waals surface area contributed by atoms with E-state index in [1.807, 2.05) is 0 Å². The first-order valence-corrected chi connectivity index (χ1v) is 15.2. The predicted molar refractivity (Wildman–Crippen MR) is 105 cm³/mol. The zero-order chi connectivity index (χ0) is 16.5. The highest BCUT2D eigenvalue weighted by Crippen LogP contribution is 2.40. The van der Waals surface area contributed by atoms with Crippen LogP contribution in [-0.4, -0.2) is 30.2 Å². The molecule has 4 heteroatoms. The Hall–Kier alpha value is -0.0962. The van der Waals surface area contributed by atoms with E-state index in [4.69, 9.17) is 4.74 Å². The lowest BCUT2D eigenvalue weighted by molar-refractivity contribution is -0.149. The summed E-state index contributed by atoms with van der Waals surface area (Å²) in [6, 6.07) is 7.68. The van der Waals surface area contributed by atoms with Gasteiger partial charge < -0.3 is 4.74 Å². The molecule has 0 aromatic carbocycles. The van der Waals surface area contributed by atoms with E-state index < -0.39 is 8.80 Å². The normalized spacial score (nSPS) is 31.7. The van der Waals surface area contributed by atoms with Crippen molar-refractivity contribution in [3.05, 3.63) is 0 Å². The minimum atomic E-state index is -0.558. The molecule has 0 atom stereocenters. The summed E-state index contributed by atoms with van der Waals surface area (Å²) in [6.07, 6.45) is 10.3. The van der Waals surface area contributed by atoms with Gasteiger partial charge in [-0.3, -0.25) is 4.79 Å². The van der Waals surface area contributed by atoms with Crippen LogP contribution in [0.3, 0.4) is 0 Å². The average molecular weight is 355 g/mol. The summed E-state index contributed by atoms with van der Waals surface area (Å²) in [5.74, 6) is 0.360. The molecule has 0 N–H and O–H groups in total. The third-order valence-corrected chi connectivity index (χ3v) is 14.2. The van der Waals surface area contributed by atoms with Gasteiger partial charge in [0.2, 0.25) is 0 Å².